The number of aromatic nitrogens is 5. The summed E-state index contributed by atoms with van der Waals surface area (Å²) in [5, 5.41) is 13.5. The van der Waals surface area contributed by atoms with Crippen molar-refractivity contribution >= 4 is 16.8 Å². The highest BCUT2D eigenvalue weighted by atomic mass is 16.5. The highest BCUT2D eigenvalue weighted by Gasteiger charge is 2.34. The van der Waals surface area contributed by atoms with E-state index in [0.717, 1.165) is 11.8 Å². The van der Waals surface area contributed by atoms with Gasteiger partial charge in [0.15, 0.2) is 11.6 Å². The second kappa shape index (κ2) is 11.1. The number of methoxy groups -OCH3 is 1. The highest BCUT2D eigenvalue weighted by molar-refractivity contribution is 5.91. The molecule has 1 aliphatic rings. The van der Waals surface area contributed by atoms with Crippen LogP contribution in [0.5, 0.6) is 5.75 Å². The van der Waals surface area contributed by atoms with Gasteiger partial charge in [0, 0.05) is 49.2 Å². The van der Waals surface area contributed by atoms with Crippen LogP contribution in [0.1, 0.15) is 33.5 Å². The number of aromatic amines is 1. The fraction of sp³-hybridized carbons (Fsp3) is 0.276. The van der Waals surface area contributed by atoms with Crippen molar-refractivity contribution in [3.05, 3.63) is 106 Å². The minimum absolute atomic E-state index is 0.149. The molecule has 1 amide bonds. The molecule has 0 saturated carbocycles. The molecule has 0 radical (unpaired) electrons. The summed E-state index contributed by atoms with van der Waals surface area (Å²) < 4.78 is 12.5. The number of hydrogen-bond acceptors (Lipinski definition) is 8. The molecular weight excluding hydrogens is 510 g/mol. The van der Waals surface area contributed by atoms with Crippen LogP contribution in [0.25, 0.3) is 10.9 Å². The summed E-state index contributed by atoms with van der Waals surface area (Å²) in [5.74, 6) is 1.44. The molecule has 11 nitrogen and oxygen atoms in total. The van der Waals surface area contributed by atoms with Gasteiger partial charge < -0.3 is 19.0 Å². The lowest BCUT2D eigenvalue weighted by Gasteiger charge is -2.38. The first-order chi connectivity index (χ1) is 19.6. The average Bonchev–Trinajstić information content (AvgIpc) is 3.70. The van der Waals surface area contributed by atoms with Crippen molar-refractivity contribution in [2.45, 2.75) is 19.0 Å². The summed E-state index contributed by atoms with van der Waals surface area (Å²) in [5.41, 5.74) is 2.20. The van der Waals surface area contributed by atoms with E-state index in [0.29, 0.717) is 61.1 Å². The molecule has 11 heteroatoms. The van der Waals surface area contributed by atoms with Crippen molar-refractivity contribution < 1.29 is 13.9 Å². The molecule has 1 saturated heterocycles. The summed E-state index contributed by atoms with van der Waals surface area (Å²) >= 11 is 0. The highest BCUT2D eigenvalue weighted by Crippen LogP contribution is 2.29. The Morgan fingerprint density at radius 3 is 2.62 bits per heavy atom. The number of carbonyl (C=O) groups is 1. The minimum Gasteiger partial charge on any atom is -0.497 e. The maximum atomic E-state index is 13.5. The number of pyridine rings is 1. The number of aryl methyl sites for hydroxylation is 2. The third-order valence-corrected chi connectivity index (χ3v) is 7.33. The monoisotopic (exact) mass is 539 g/mol. The van der Waals surface area contributed by atoms with E-state index in [1.165, 1.54) is 11.8 Å². The molecule has 6 rings (SSSR count). The van der Waals surface area contributed by atoms with Crippen LogP contribution < -0.4 is 10.3 Å². The fourth-order valence-electron chi connectivity index (χ4n) is 5.22. The van der Waals surface area contributed by atoms with Crippen molar-refractivity contribution in [2.75, 3.05) is 33.3 Å². The smallest absolute Gasteiger partial charge is 0.289 e. The minimum atomic E-state index is -0.522. The third kappa shape index (κ3) is 5.10. The predicted octanol–water partition coefficient (Wildman–Crippen LogP) is 2.91. The van der Waals surface area contributed by atoms with Gasteiger partial charge in [-0.1, -0.05) is 30.3 Å². The molecule has 204 valence electrons. The van der Waals surface area contributed by atoms with E-state index in [1.54, 1.807) is 28.8 Å². The normalized spacial score (nSPS) is 14.9. The van der Waals surface area contributed by atoms with E-state index in [1.807, 2.05) is 42.5 Å². The van der Waals surface area contributed by atoms with E-state index in [-0.39, 0.29) is 11.5 Å². The zero-order chi connectivity index (χ0) is 27.5. The van der Waals surface area contributed by atoms with Crippen LogP contribution in [0.2, 0.25) is 0 Å². The summed E-state index contributed by atoms with van der Waals surface area (Å²) in [6, 6.07) is 20.4. The third-order valence-electron chi connectivity index (χ3n) is 7.33. The number of tetrazole rings is 1. The molecule has 0 unspecified atom stereocenters. The van der Waals surface area contributed by atoms with Gasteiger partial charge >= 0.3 is 0 Å². The summed E-state index contributed by atoms with van der Waals surface area (Å²) in [6.45, 7) is 2.55. The SMILES string of the molecule is COc1ccc2[nH]c(=O)c([C@@H](c3nnnn3CCc3ccccc3)N3CCN(C(=O)c4ccco4)CC3)cc2c1. The molecule has 1 N–H and O–H groups in total. The van der Waals surface area contributed by atoms with Gasteiger partial charge in [-0.15, -0.1) is 5.10 Å². The Bertz CT molecular complexity index is 1660. The quantitative estimate of drug-likeness (QED) is 0.319. The van der Waals surface area contributed by atoms with Crippen molar-refractivity contribution in [1.82, 2.24) is 35.0 Å². The van der Waals surface area contributed by atoms with Crippen LogP contribution >= 0.6 is 0 Å². The molecule has 5 aromatic rings. The number of rotatable bonds is 8. The van der Waals surface area contributed by atoms with Crippen molar-refractivity contribution in [2.24, 2.45) is 0 Å². The lowest BCUT2D eigenvalue weighted by Crippen LogP contribution is -2.50. The van der Waals surface area contributed by atoms with E-state index in [2.05, 4.69) is 37.5 Å². The first-order valence-electron chi connectivity index (χ1n) is 13.2. The largest absolute Gasteiger partial charge is 0.497 e. The maximum absolute atomic E-state index is 13.5. The van der Waals surface area contributed by atoms with Crippen LogP contribution in [0, 0.1) is 0 Å². The molecule has 0 aliphatic carbocycles. The molecule has 0 spiro atoms. The van der Waals surface area contributed by atoms with E-state index in [9.17, 15) is 9.59 Å². The first-order valence-corrected chi connectivity index (χ1v) is 13.2. The molecule has 0 bridgehead atoms. The number of fused-ring (bicyclic) bond motifs is 1. The number of piperazine rings is 1. The van der Waals surface area contributed by atoms with E-state index < -0.39 is 6.04 Å². The Morgan fingerprint density at radius 2 is 1.88 bits per heavy atom. The summed E-state index contributed by atoms with van der Waals surface area (Å²) in [4.78, 5) is 33.3. The van der Waals surface area contributed by atoms with Crippen molar-refractivity contribution in [3.8, 4) is 5.75 Å². The lowest BCUT2D eigenvalue weighted by molar-refractivity contribution is 0.0558. The number of hydrogen-bond donors (Lipinski definition) is 1. The van der Waals surface area contributed by atoms with Gasteiger partial charge in [-0.3, -0.25) is 14.5 Å². The van der Waals surface area contributed by atoms with Gasteiger partial charge in [0.2, 0.25) is 0 Å². The molecule has 1 fully saturated rings. The molecule has 1 atom stereocenters. The maximum Gasteiger partial charge on any atom is 0.289 e. The van der Waals surface area contributed by atoms with Gasteiger partial charge in [0.25, 0.3) is 11.5 Å². The zero-order valence-electron chi connectivity index (χ0n) is 22.1. The van der Waals surface area contributed by atoms with Crippen LogP contribution in [0.4, 0.5) is 0 Å². The topological polar surface area (TPSA) is 122 Å². The molecule has 1 aliphatic heterocycles. The molecule has 3 aromatic heterocycles. The van der Waals surface area contributed by atoms with E-state index in [4.69, 9.17) is 9.15 Å². The predicted molar refractivity (Wildman–Crippen MR) is 147 cm³/mol. The van der Waals surface area contributed by atoms with Gasteiger partial charge in [-0.2, -0.15) is 0 Å². The molecule has 2 aromatic carbocycles. The summed E-state index contributed by atoms with van der Waals surface area (Å²) in [6.07, 6.45) is 2.23. The number of nitrogens with one attached hydrogen (secondary N) is 1. The fourth-order valence-corrected chi connectivity index (χ4v) is 5.22. The second-order valence-electron chi connectivity index (χ2n) is 9.71. The van der Waals surface area contributed by atoms with Crippen molar-refractivity contribution in [3.63, 3.8) is 0 Å². The van der Waals surface area contributed by atoms with Gasteiger partial charge in [0.1, 0.15) is 11.8 Å². The zero-order valence-corrected chi connectivity index (χ0v) is 22.1. The second-order valence-corrected chi connectivity index (χ2v) is 9.71. The van der Waals surface area contributed by atoms with Gasteiger partial charge in [-0.25, -0.2) is 4.68 Å². The molecular formula is C29H29N7O4. The average molecular weight is 540 g/mol. The summed E-state index contributed by atoms with van der Waals surface area (Å²) in [7, 11) is 1.61. The lowest BCUT2D eigenvalue weighted by atomic mass is 10.0. The van der Waals surface area contributed by atoms with E-state index >= 15 is 0 Å². The first kappa shape index (κ1) is 25.5. The van der Waals surface area contributed by atoms with Gasteiger partial charge in [0.05, 0.1) is 13.4 Å². The standard InChI is InChI=1S/C29H29N7O4/c1-39-22-9-10-24-21(18-22)19-23(28(37)30-24)26(27-31-32-33-36(27)12-11-20-6-3-2-4-7-20)34-13-15-35(16-14-34)29(38)25-8-5-17-40-25/h2-10,17-19,26H,11-16H2,1H3,(H,30,37)/t26-/m0/s1. The Kier molecular flexibility index (Phi) is 7.11. The number of benzene rings is 2. The Morgan fingerprint density at radius 1 is 1.05 bits per heavy atom. The van der Waals surface area contributed by atoms with Crippen LogP contribution in [-0.2, 0) is 13.0 Å². The molecule has 40 heavy (non-hydrogen) atoms. The van der Waals surface area contributed by atoms with Gasteiger partial charge in [-0.05, 0) is 58.8 Å². The number of furan rings is 1. The number of H-pyrrole nitrogens is 1. The molecule has 4 heterocycles. The Labute approximate surface area is 230 Å². The number of ether oxygens (including phenoxy) is 1. The number of amides is 1. The van der Waals surface area contributed by atoms with Crippen LogP contribution in [0.3, 0.4) is 0 Å². The van der Waals surface area contributed by atoms with Crippen LogP contribution in [-0.4, -0.2) is 74.2 Å². The van der Waals surface area contributed by atoms with Crippen molar-refractivity contribution in [1.29, 1.82) is 0 Å². The Balaban J connectivity index is 1.35. The number of carbonyl (C=O) groups excluding carboxylic acids is 1. The van der Waals surface area contributed by atoms with Crippen LogP contribution in [0.15, 0.2) is 82.2 Å². The Hall–Kier alpha value is -4.77. The number of nitrogens with zero attached hydrogens (tertiary/aromatic N) is 6.